The molecular weight excluding hydrogens is 771 g/mol. The van der Waals surface area contributed by atoms with E-state index in [2.05, 4.69) is 126 Å². The van der Waals surface area contributed by atoms with Gasteiger partial charge in [-0.05, 0) is 111 Å². The third kappa shape index (κ3) is 14.4. The average Bonchev–Trinajstić information content (AvgIpc) is 3.10. The van der Waals surface area contributed by atoms with Gasteiger partial charge in [0.05, 0.1) is 24.2 Å². The molecule has 3 aliphatic heterocycles. The number of nitrogens with zero attached hydrogens (tertiary/aromatic N) is 3. The molecule has 0 radical (unpaired) electrons. The highest BCUT2D eigenvalue weighted by molar-refractivity contribution is 5.89. The summed E-state index contributed by atoms with van der Waals surface area (Å²) in [5, 5.41) is 10.5. The summed E-state index contributed by atoms with van der Waals surface area (Å²) in [4.78, 5) is 64.5. The Morgan fingerprint density at radius 3 is 1.07 bits per heavy atom. The fourth-order valence-electron chi connectivity index (χ4n) is 11.3. The topological polar surface area (TPSA) is 126 Å². The number of piperidine rings is 3. The van der Waals surface area contributed by atoms with Crippen LogP contribution in [-0.4, -0.2) is 116 Å². The van der Waals surface area contributed by atoms with Crippen LogP contribution in [0.4, 0.5) is 0 Å². The van der Waals surface area contributed by atoms with Crippen LogP contribution in [0.15, 0.2) is 0 Å². The summed E-state index contributed by atoms with van der Waals surface area (Å²) in [7, 11) is 6.24. The van der Waals surface area contributed by atoms with Crippen molar-refractivity contribution in [3.05, 3.63) is 0 Å². The van der Waals surface area contributed by atoms with Crippen LogP contribution in [0.3, 0.4) is 0 Å². The molecule has 0 spiro atoms. The molecule has 3 fully saturated rings. The zero-order valence-electron chi connectivity index (χ0n) is 41.8. The Morgan fingerprint density at radius 1 is 0.475 bits per heavy atom. The lowest BCUT2D eigenvalue weighted by Crippen LogP contribution is -2.61. The summed E-state index contributed by atoms with van der Waals surface area (Å²) in [6.07, 6.45) is 12.5. The van der Waals surface area contributed by atoms with E-state index in [0.717, 1.165) is 25.7 Å². The van der Waals surface area contributed by atoms with Gasteiger partial charge in [-0.2, -0.15) is 0 Å². The molecule has 0 aliphatic carbocycles. The van der Waals surface area contributed by atoms with Crippen LogP contribution < -0.4 is 0 Å². The van der Waals surface area contributed by atoms with Gasteiger partial charge >= 0.3 is 23.9 Å². The molecule has 0 bridgehead atoms. The molecule has 3 aliphatic rings. The number of likely N-dealkylation sites (tertiary alicyclic amines) is 3. The Balaban J connectivity index is 2.06. The first-order valence-electron chi connectivity index (χ1n) is 24.0. The molecule has 11 heteroatoms. The van der Waals surface area contributed by atoms with Crippen LogP contribution in [0.1, 0.15) is 206 Å². The summed E-state index contributed by atoms with van der Waals surface area (Å²) in [5.41, 5.74) is -1.77. The summed E-state index contributed by atoms with van der Waals surface area (Å²) in [6, 6.07) is 0. The lowest BCUT2D eigenvalue weighted by molar-refractivity contribution is -0.186. The van der Waals surface area contributed by atoms with Gasteiger partial charge in [0.15, 0.2) is 0 Å². The van der Waals surface area contributed by atoms with Crippen molar-refractivity contribution in [1.29, 1.82) is 0 Å². The van der Waals surface area contributed by atoms with E-state index in [0.29, 0.717) is 44.9 Å². The molecule has 354 valence electrons. The van der Waals surface area contributed by atoms with Gasteiger partial charge in [-0.1, -0.05) is 71.1 Å². The third-order valence-electron chi connectivity index (χ3n) is 15.7. The second-order valence-electron chi connectivity index (χ2n) is 23.3. The van der Waals surface area contributed by atoms with Gasteiger partial charge in [0.2, 0.25) is 0 Å². The first-order valence-corrected chi connectivity index (χ1v) is 24.0. The van der Waals surface area contributed by atoms with Gasteiger partial charge in [0.1, 0.15) is 18.3 Å². The van der Waals surface area contributed by atoms with Crippen LogP contribution >= 0.6 is 0 Å². The van der Waals surface area contributed by atoms with Crippen LogP contribution in [0, 0.1) is 17.8 Å². The van der Waals surface area contributed by atoms with E-state index in [9.17, 15) is 19.5 Å². The number of aliphatic carboxylic acids is 1. The lowest BCUT2D eigenvalue weighted by Gasteiger charge is -2.53. The van der Waals surface area contributed by atoms with Crippen molar-refractivity contribution in [2.24, 2.45) is 17.8 Å². The number of hydrogen-bond acceptors (Lipinski definition) is 10. The second kappa shape index (κ2) is 21.2. The van der Waals surface area contributed by atoms with Crippen LogP contribution in [0.2, 0.25) is 0 Å². The number of hydrogen-bond donors (Lipinski definition) is 1. The maximum atomic E-state index is 15.1. The molecule has 3 saturated heterocycles. The zero-order chi connectivity index (χ0) is 46.4. The van der Waals surface area contributed by atoms with Gasteiger partial charge in [0.25, 0.3) is 0 Å². The van der Waals surface area contributed by atoms with E-state index in [1.54, 1.807) is 0 Å². The van der Waals surface area contributed by atoms with Crippen molar-refractivity contribution < 1.29 is 38.5 Å². The molecule has 3 rings (SSSR count). The first-order chi connectivity index (χ1) is 28.0. The molecule has 11 nitrogen and oxygen atoms in total. The Hall–Kier alpha value is -2.24. The van der Waals surface area contributed by atoms with Crippen molar-refractivity contribution in [3.63, 3.8) is 0 Å². The Labute approximate surface area is 372 Å². The number of carboxylic acid groups (broad SMARTS) is 1. The minimum absolute atomic E-state index is 0.268. The normalized spacial score (nSPS) is 24.7. The molecule has 3 heterocycles. The number of rotatable bonds is 21. The number of carboxylic acids is 1. The minimum atomic E-state index is -1.45. The molecule has 0 saturated carbocycles. The molecule has 0 amide bonds. The highest BCUT2D eigenvalue weighted by Gasteiger charge is 2.52. The van der Waals surface area contributed by atoms with Crippen LogP contribution in [0.5, 0.6) is 0 Å². The maximum absolute atomic E-state index is 15.1. The quantitative estimate of drug-likeness (QED) is 0.0673. The largest absolute Gasteiger partial charge is 0.481 e. The van der Waals surface area contributed by atoms with Crippen LogP contribution in [-0.2, 0) is 33.4 Å². The number of esters is 3. The van der Waals surface area contributed by atoms with Crippen LogP contribution in [0.25, 0.3) is 0 Å². The standard InChI is InChI=1S/C50H91N3O8/c1-17-18-19-20-21-22-23-24-25-26-27-38(42(56)59-35-29-45(2,3)51(14)46(4,5)30-35)41(44(58)61-37-33-49(10,11)53(16)50(12,13)34-37)39(28-40(54)55)43(57)60-36-31-47(6,7)52(15)48(8,9)32-36/h35-39,41H,17-34H2,1-16H3,(H,54,55). The predicted octanol–water partition coefficient (Wildman–Crippen LogP) is 10.2. The molecular formula is C50H91N3O8. The number of unbranched alkanes of at least 4 members (excludes halogenated alkanes) is 9. The summed E-state index contributed by atoms with van der Waals surface area (Å²) in [6.45, 7) is 27.7. The molecule has 0 aromatic rings. The number of carbonyl (C=O) groups is 4. The van der Waals surface area contributed by atoms with Gasteiger partial charge < -0.3 is 19.3 Å². The summed E-state index contributed by atoms with van der Waals surface area (Å²) < 4.78 is 19.3. The average molecular weight is 862 g/mol. The Morgan fingerprint density at radius 2 is 0.754 bits per heavy atom. The van der Waals surface area contributed by atoms with E-state index in [4.69, 9.17) is 14.2 Å². The van der Waals surface area contributed by atoms with Crippen molar-refractivity contribution in [3.8, 4) is 0 Å². The minimum Gasteiger partial charge on any atom is -0.481 e. The van der Waals surface area contributed by atoms with Gasteiger partial charge in [-0.25, -0.2) is 0 Å². The fraction of sp³-hybridized carbons (Fsp3) is 0.920. The monoisotopic (exact) mass is 862 g/mol. The van der Waals surface area contributed by atoms with Crippen molar-refractivity contribution in [1.82, 2.24) is 14.7 Å². The lowest BCUT2D eigenvalue weighted by atomic mass is 9.75. The van der Waals surface area contributed by atoms with Gasteiger partial charge in [-0.15, -0.1) is 0 Å². The SMILES string of the molecule is CCCCCCCCCCCCC(C(=O)OC1CC(C)(C)N(C)C(C)(C)C1)C(C(=O)OC1CC(C)(C)N(C)C(C)(C)C1)C(CC(=O)O)C(=O)OC1CC(C)(C)N(C)C(C)(C)C1. The van der Waals surface area contributed by atoms with Crippen molar-refractivity contribution in [2.75, 3.05) is 21.1 Å². The van der Waals surface area contributed by atoms with E-state index in [1.165, 1.54) is 32.1 Å². The molecule has 1 N–H and O–H groups in total. The van der Waals surface area contributed by atoms with E-state index < -0.39 is 66.4 Å². The molecule has 0 aromatic carbocycles. The molecule has 3 unspecified atom stereocenters. The fourth-order valence-corrected chi connectivity index (χ4v) is 11.3. The molecule has 0 aromatic heterocycles. The van der Waals surface area contributed by atoms with Gasteiger partial charge in [0, 0.05) is 71.8 Å². The molecule has 61 heavy (non-hydrogen) atoms. The maximum Gasteiger partial charge on any atom is 0.310 e. The first kappa shape index (κ1) is 53.1. The number of ether oxygens (including phenoxy) is 3. The van der Waals surface area contributed by atoms with E-state index in [-0.39, 0.29) is 39.7 Å². The number of carbonyl (C=O) groups excluding carboxylic acids is 3. The van der Waals surface area contributed by atoms with E-state index in [1.807, 2.05) is 0 Å². The van der Waals surface area contributed by atoms with Crippen molar-refractivity contribution in [2.45, 2.75) is 257 Å². The van der Waals surface area contributed by atoms with Gasteiger partial charge in [-0.3, -0.25) is 33.9 Å². The van der Waals surface area contributed by atoms with Crippen molar-refractivity contribution >= 4 is 23.9 Å². The van der Waals surface area contributed by atoms with E-state index >= 15 is 4.79 Å². The smallest absolute Gasteiger partial charge is 0.310 e. The highest BCUT2D eigenvalue weighted by atomic mass is 16.6. The summed E-state index contributed by atoms with van der Waals surface area (Å²) >= 11 is 0. The summed E-state index contributed by atoms with van der Waals surface area (Å²) in [5.74, 6) is -7.23. The molecule has 3 atom stereocenters. The zero-order valence-corrected chi connectivity index (χ0v) is 41.8. The third-order valence-corrected chi connectivity index (χ3v) is 15.7. The Kier molecular flexibility index (Phi) is 18.4. The predicted molar refractivity (Wildman–Crippen MR) is 244 cm³/mol. The highest BCUT2D eigenvalue weighted by Crippen LogP contribution is 2.43. The second-order valence-corrected chi connectivity index (χ2v) is 23.3. The Bertz CT molecular complexity index is 1420.